The van der Waals surface area contributed by atoms with Crippen LogP contribution >= 0.6 is 27.3 Å². The summed E-state index contributed by atoms with van der Waals surface area (Å²) in [6.07, 6.45) is 1.17. The zero-order valence-electron chi connectivity index (χ0n) is 8.86. The van der Waals surface area contributed by atoms with E-state index in [1.807, 2.05) is 11.3 Å². The van der Waals surface area contributed by atoms with Crippen LogP contribution in [0.2, 0.25) is 0 Å². The molecular formula is C13H13BrOS. The number of fused-ring (bicyclic) bond motifs is 1. The summed E-state index contributed by atoms with van der Waals surface area (Å²) < 4.78 is 6.84. The van der Waals surface area contributed by atoms with Gasteiger partial charge in [-0.2, -0.15) is 0 Å². The van der Waals surface area contributed by atoms with Gasteiger partial charge in [0.05, 0.1) is 6.61 Å². The van der Waals surface area contributed by atoms with Crippen molar-refractivity contribution in [3.63, 3.8) is 0 Å². The first kappa shape index (κ1) is 10.8. The molecule has 2 atom stereocenters. The van der Waals surface area contributed by atoms with Gasteiger partial charge in [0, 0.05) is 22.1 Å². The average molecular weight is 297 g/mol. The van der Waals surface area contributed by atoms with Crippen LogP contribution in [-0.2, 0) is 4.74 Å². The van der Waals surface area contributed by atoms with Crippen molar-refractivity contribution >= 4 is 37.4 Å². The van der Waals surface area contributed by atoms with E-state index in [2.05, 4.69) is 45.6 Å². The van der Waals surface area contributed by atoms with Gasteiger partial charge in [-0.05, 0) is 28.8 Å². The van der Waals surface area contributed by atoms with E-state index in [9.17, 15) is 0 Å². The zero-order chi connectivity index (χ0) is 11.0. The monoisotopic (exact) mass is 296 g/mol. The average Bonchev–Trinajstić information content (AvgIpc) is 2.98. The highest BCUT2D eigenvalue weighted by molar-refractivity contribution is 9.09. The van der Waals surface area contributed by atoms with Gasteiger partial charge >= 0.3 is 0 Å². The molecule has 1 aromatic heterocycles. The minimum Gasteiger partial charge on any atom is -0.381 e. The smallest absolute Gasteiger partial charge is 0.0509 e. The second-order valence-corrected chi connectivity index (χ2v) is 6.11. The van der Waals surface area contributed by atoms with Gasteiger partial charge in [-0.1, -0.05) is 34.1 Å². The Bertz CT molecular complexity index is 487. The van der Waals surface area contributed by atoms with Gasteiger partial charge in [0.15, 0.2) is 0 Å². The molecule has 1 aromatic carbocycles. The molecule has 0 saturated carbocycles. The first-order chi connectivity index (χ1) is 7.86. The molecule has 0 amide bonds. The molecule has 84 valence electrons. The third-order valence-corrected chi connectivity index (χ3v) is 5.41. The van der Waals surface area contributed by atoms with Crippen molar-refractivity contribution in [3.8, 4) is 0 Å². The number of rotatable bonds is 2. The predicted molar refractivity (Wildman–Crippen MR) is 72.4 cm³/mol. The lowest BCUT2D eigenvalue weighted by Crippen LogP contribution is -2.06. The Hall–Kier alpha value is -0.380. The summed E-state index contributed by atoms with van der Waals surface area (Å²) in [7, 11) is 0. The maximum atomic E-state index is 5.46. The molecule has 3 heteroatoms. The van der Waals surface area contributed by atoms with Crippen molar-refractivity contribution in [1.29, 1.82) is 0 Å². The van der Waals surface area contributed by atoms with Crippen molar-refractivity contribution in [1.82, 2.24) is 0 Å². The fourth-order valence-corrected chi connectivity index (χ4v) is 4.22. The van der Waals surface area contributed by atoms with E-state index in [4.69, 9.17) is 4.74 Å². The minimum absolute atomic E-state index is 0.436. The highest BCUT2D eigenvalue weighted by Crippen LogP contribution is 2.41. The van der Waals surface area contributed by atoms with Gasteiger partial charge < -0.3 is 4.74 Å². The molecule has 1 fully saturated rings. The number of halogens is 1. The molecular weight excluding hydrogens is 284 g/mol. The quantitative estimate of drug-likeness (QED) is 0.748. The maximum absolute atomic E-state index is 5.46. The van der Waals surface area contributed by atoms with E-state index in [1.165, 1.54) is 22.1 Å². The molecule has 0 N–H and O–H groups in total. The van der Waals surface area contributed by atoms with Crippen molar-refractivity contribution in [2.45, 2.75) is 11.2 Å². The van der Waals surface area contributed by atoms with Gasteiger partial charge in [-0.15, -0.1) is 11.3 Å². The highest BCUT2D eigenvalue weighted by atomic mass is 79.9. The standard InChI is InChI=1S/C13H13BrOS/c14-13(9-5-6-15-7-9)11-8-16-12-4-2-1-3-10(11)12/h1-4,8-9,13H,5-7H2. The number of hydrogen-bond donors (Lipinski definition) is 0. The molecule has 2 heterocycles. The van der Waals surface area contributed by atoms with E-state index < -0.39 is 0 Å². The summed E-state index contributed by atoms with van der Waals surface area (Å²) in [4.78, 5) is 0.436. The SMILES string of the molecule is BrC(c1csc2ccccc12)C1CCOC1. The number of thiophene rings is 1. The van der Waals surface area contributed by atoms with E-state index in [1.54, 1.807) is 0 Å². The van der Waals surface area contributed by atoms with Gasteiger partial charge in [0.25, 0.3) is 0 Å². The fraction of sp³-hybridized carbons (Fsp3) is 0.385. The van der Waals surface area contributed by atoms with Crippen LogP contribution in [0, 0.1) is 5.92 Å². The Balaban J connectivity index is 1.98. The molecule has 3 rings (SSSR count). The summed E-state index contributed by atoms with van der Waals surface area (Å²) in [6.45, 7) is 1.80. The van der Waals surface area contributed by atoms with Gasteiger partial charge in [0.1, 0.15) is 0 Å². The molecule has 1 aliphatic heterocycles. The van der Waals surface area contributed by atoms with Crippen molar-refractivity contribution in [2.24, 2.45) is 5.92 Å². The lowest BCUT2D eigenvalue weighted by molar-refractivity contribution is 0.185. The Labute approximate surface area is 108 Å². The van der Waals surface area contributed by atoms with Gasteiger partial charge in [-0.3, -0.25) is 0 Å². The van der Waals surface area contributed by atoms with E-state index in [0.29, 0.717) is 10.7 Å². The summed E-state index contributed by atoms with van der Waals surface area (Å²) >= 11 is 5.67. The summed E-state index contributed by atoms with van der Waals surface area (Å²) in [5.41, 5.74) is 1.43. The van der Waals surface area contributed by atoms with Gasteiger partial charge in [-0.25, -0.2) is 0 Å². The molecule has 0 aliphatic carbocycles. The topological polar surface area (TPSA) is 9.23 Å². The molecule has 2 aromatic rings. The van der Waals surface area contributed by atoms with Crippen LogP contribution < -0.4 is 0 Å². The lowest BCUT2D eigenvalue weighted by atomic mass is 9.98. The molecule has 1 aliphatic rings. The Morgan fingerprint density at radius 3 is 3.06 bits per heavy atom. The Morgan fingerprint density at radius 2 is 2.25 bits per heavy atom. The van der Waals surface area contributed by atoms with Crippen LogP contribution in [0.3, 0.4) is 0 Å². The number of alkyl halides is 1. The summed E-state index contributed by atoms with van der Waals surface area (Å²) in [5.74, 6) is 0.623. The zero-order valence-corrected chi connectivity index (χ0v) is 11.3. The van der Waals surface area contributed by atoms with Crippen LogP contribution in [-0.4, -0.2) is 13.2 Å². The third-order valence-electron chi connectivity index (χ3n) is 3.19. The first-order valence-electron chi connectivity index (χ1n) is 5.54. The number of hydrogen-bond acceptors (Lipinski definition) is 2. The van der Waals surface area contributed by atoms with Crippen LogP contribution in [0.4, 0.5) is 0 Å². The maximum Gasteiger partial charge on any atom is 0.0509 e. The van der Waals surface area contributed by atoms with E-state index in [-0.39, 0.29) is 0 Å². The van der Waals surface area contributed by atoms with E-state index in [0.717, 1.165) is 13.2 Å². The molecule has 2 unspecified atom stereocenters. The van der Waals surface area contributed by atoms with Crippen molar-refractivity contribution in [3.05, 3.63) is 35.2 Å². The van der Waals surface area contributed by atoms with Crippen LogP contribution in [0.15, 0.2) is 29.6 Å². The predicted octanol–water partition coefficient (Wildman–Crippen LogP) is 4.37. The Kier molecular flexibility index (Phi) is 3.01. The molecule has 1 nitrogen and oxygen atoms in total. The number of benzene rings is 1. The molecule has 0 bridgehead atoms. The highest BCUT2D eigenvalue weighted by Gasteiger charge is 2.26. The number of ether oxygens (including phenoxy) is 1. The van der Waals surface area contributed by atoms with Crippen LogP contribution in [0.1, 0.15) is 16.8 Å². The first-order valence-corrected chi connectivity index (χ1v) is 7.34. The molecule has 1 saturated heterocycles. The molecule has 16 heavy (non-hydrogen) atoms. The van der Waals surface area contributed by atoms with Crippen molar-refractivity contribution < 1.29 is 4.74 Å². The van der Waals surface area contributed by atoms with Gasteiger partial charge in [0.2, 0.25) is 0 Å². The second kappa shape index (κ2) is 4.47. The molecule has 0 spiro atoms. The largest absolute Gasteiger partial charge is 0.381 e. The van der Waals surface area contributed by atoms with Crippen LogP contribution in [0.5, 0.6) is 0 Å². The normalized spacial score (nSPS) is 22.7. The Morgan fingerprint density at radius 1 is 1.38 bits per heavy atom. The molecule has 0 radical (unpaired) electrons. The van der Waals surface area contributed by atoms with Crippen LogP contribution in [0.25, 0.3) is 10.1 Å². The van der Waals surface area contributed by atoms with Crippen molar-refractivity contribution in [2.75, 3.05) is 13.2 Å². The third kappa shape index (κ3) is 1.81. The lowest BCUT2D eigenvalue weighted by Gasteiger charge is -2.15. The second-order valence-electron chi connectivity index (χ2n) is 4.21. The van der Waals surface area contributed by atoms with E-state index >= 15 is 0 Å². The summed E-state index contributed by atoms with van der Waals surface area (Å²) in [5, 5.41) is 3.67. The summed E-state index contributed by atoms with van der Waals surface area (Å²) in [6, 6.07) is 8.62. The fourth-order valence-electron chi connectivity index (χ4n) is 2.25. The minimum atomic E-state index is 0.436.